The van der Waals surface area contributed by atoms with Gasteiger partial charge < -0.3 is 4.31 Å². The lowest BCUT2D eigenvalue weighted by Crippen LogP contribution is -1.89. The zero-order valence-electron chi connectivity index (χ0n) is 5.19. The van der Waals surface area contributed by atoms with Crippen LogP contribution in [0.2, 0.25) is 0 Å². The Morgan fingerprint density at radius 3 is 2.44 bits per heavy atom. The Morgan fingerprint density at radius 1 is 1.33 bits per heavy atom. The number of hydrogen-bond donors (Lipinski definition) is 1. The van der Waals surface area contributed by atoms with Gasteiger partial charge in [-0.25, -0.2) is 0 Å². The summed E-state index contributed by atoms with van der Waals surface area (Å²) in [6.07, 6.45) is 7.22. The molecule has 3 heteroatoms. The van der Waals surface area contributed by atoms with E-state index in [9.17, 15) is 4.79 Å². The molecule has 0 saturated heterocycles. The summed E-state index contributed by atoms with van der Waals surface area (Å²) < 4.78 is 1.59. The predicted molar refractivity (Wildman–Crippen MR) is 41.1 cm³/mol. The average Bonchev–Trinajstić information content (AvgIpc) is 1.80. The van der Waals surface area contributed by atoms with Gasteiger partial charge in [0.15, 0.2) is 0 Å². The summed E-state index contributed by atoms with van der Waals surface area (Å²) in [5, 5.41) is 0. The van der Waals surface area contributed by atoms with Crippen molar-refractivity contribution in [1.29, 1.82) is 0 Å². The predicted octanol–water partition coefficient (Wildman–Crippen LogP) is 1.03. The van der Waals surface area contributed by atoms with Crippen LogP contribution in [0.15, 0.2) is 24.4 Å². The van der Waals surface area contributed by atoms with Crippen molar-refractivity contribution in [3.8, 4) is 0 Å². The Morgan fingerprint density at radius 2 is 2.00 bits per heavy atom. The zero-order valence-corrected chi connectivity index (χ0v) is 6.08. The van der Waals surface area contributed by atoms with Gasteiger partial charge in [-0.3, -0.25) is 4.79 Å². The zero-order chi connectivity index (χ0) is 7.11. The van der Waals surface area contributed by atoms with E-state index in [4.69, 9.17) is 0 Å². The van der Waals surface area contributed by atoms with Gasteiger partial charge in [-0.2, -0.15) is 0 Å². The van der Waals surface area contributed by atoms with Crippen molar-refractivity contribution in [2.75, 3.05) is 7.05 Å². The van der Waals surface area contributed by atoms with E-state index < -0.39 is 0 Å². The maximum Gasteiger partial charge on any atom is 0.142 e. The topological polar surface area (TPSA) is 20.3 Å². The Bertz CT molecular complexity index is 129. The van der Waals surface area contributed by atoms with Gasteiger partial charge in [0.25, 0.3) is 0 Å². The van der Waals surface area contributed by atoms with Gasteiger partial charge in [-0.1, -0.05) is 18.9 Å². The Hall–Kier alpha value is -0.700. The fraction of sp³-hybridized carbons (Fsp3) is 0.167. The molecule has 0 aliphatic carbocycles. The largest absolute Gasteiger partial charge is 0.329 e. The van der Waals surface area contributed by atoms with Gasteiger partial charge in [0.1, 0.15) is 6.29 Å². The number of hydrogen-bond acceptors (Lipinski definition) is 3. The minimum absolute atomic E-state index is 0.725. The third-order valence-electron chi connectivity index (χ3n) is 0.603. The first-order chi connectivity index (χ1) is 4.27. The van der Waals surface area contributed by atoms with Crippen LogP contribution in [0.3, 0.4) is 0 Å². The second-order valence-corrected chi connectivity index (χ2v) is 2.07. The summed E-state index contributed by atoms with van der Waals surface area (Å²) in [6.45, 7) is 0. The number of carbonyl (C=O) groups excluding carboxylic acids is 1. The van der Waals surface area contributed by atoms with Crippen LogP contribution in [0, 0.1) is 0 Å². The van der Waals surface area contributed by atoms with Crippen LogP contribution in [-0.4, -0.2) is 17.6 Å². The normalized spacial score (nSPS) is 10.9. The molecule has 0 radical (unpaired) electrons. The minimum atomic E-state index is 0.725. The van der Waals surface area contributed by atoms with Crippen molar-refractivity contribution in [1.82, 2.24) is 4.31 Å². The summed E-state index contributed by atoms with van der Waals surface area (Å²) in [4.78, 5) is 9.70. The molecule has 0 heterocycles. The first kappa shape index (κ1) is 8.30. The molecule has 50 valence electrons. The monoisotopic (exact) mass is 143 g/mol. The molecule has 0 saturated carbocycles. The molecule has 9 heavy (non-hydrogen) atoms. The smallest absolute Gasteiger partial charge is 0.142 e. The number of thiol groups is 1. The van der Waals surface area contributed by atoms with E-state index in [2.05, 4.69) is 12.8 Å². The Labute approximate surface area is 60.4 Å². The maximum atomic E-state index is 9.70. The van der Waals surface area contributed by atoms with Gasteiger partial charge in [0, 0.05) is 13.2 Å². The highest BCUT2D eigenvalue weighted by molar-refractivity contribution is 7.77. The molecule has 0 spiro atoms. The molecular weight excluding hydrogens is 134 g/mol. The molecule has 0 aromatic carbocycles. The fourth-order valence-corrected chi connectivity index (χ4v) is 0.361. The third-order valence-corrected chi connectivity index (χ3v) is 0.736. The molecule has 2 nitrogen and oxygen atoms in total. The van der Waals surface area contributed by atoms with E-state index in [-0.39, 0.29) is 0 Å². The summed E-state index contributed by atoms with van der Waals surface area (Å²) in [6, 6.07) is 0. The minimum Gasteiger partial charge on any atom is -0.329 e. The van der Waals surface area contributed by atoms with Gasteiger partial charge in [-0.05, 0) is 12.2 Å². The van der Waals surface area contributed by atoms with Crippen LogP contribution >= 0.6 is 12.8 Å². The summed E-state index contributed by atoms with van der Waals surface area (Å²) in [5.74, 6) is 0. The summed E-state index contributed by atoms with van der Waals surface area (Å²) >= 11 is 3.92. The molecule has 0 rings (SSSR count). The average molecular weight is 143 g/mol. The molecule has 0 N–H and O–H groups in total. The van der Waals surface area contributed by atoms with Crippen LogP contribution in [0.25, 0.3) is 0 Å². The number of rotatable bonds is 3. The number of nitrogens with zero attached hydrogens (tertiary/aromatic N) is 1. The lowest BCUT2D eigenvalue weighted by molar-refractivity contribution is -0.104. The van der Waals surface area contributed by atoms with Crippen molar-refractivity contribution in [3.05, 3.63) is 24.4 Å². The second kappa shape index (κ2) is 5.44. The van der Waals surface area contributed by atoms with E-state index in [1.165, 1.54) is 6.08 Å². The van der Waals surface area contributed by atoms with E-state index >= 15 is 0 Å². The molecule has 0 aromatic rings. The van der Waals surface area contributed by atoms with Gasteiger partial charge in [-0.15, -0.1) is 0 Å². The van der Waals surface area contributed by atoms with Crippen molar-refractivity contribution in [3.63, 3.8) is 0 Å². The molecular formula is C6H9NOS. The SMILES string of the molecule is CN(S)/C=C\C=C/C=O. The Balaban J connectivity index is 3.46. The van der Waals surface area contributed by atoms with Gasteiger partial charge in [0.05, 0.1) is 0 Å². The molecule has 0 unspecified atom stereocenters. The quantitative estimate of drug-likeness (QED) is 0.275. The summed E-state index contributed by atoms with van der Waals surface area (Å²) in [7, 11) is 1.79. The van der Waals surface area contributed by atoms with Crippen LogP contribution in [-0.2, 0) is 4.79 Å². The van der Waals surface area contributed by atoms with Crippen molar-refractivity contribution in [2.45, 2.75) is 0 Å². The molecule has 0 aromatic heterocycles. The molecule has 0 bridgehead atoms. The highest BCUT2D eigenvalue weighted by Gasteiger charge is 1.70. The van der Waals surface area contributed by atoms with E-state index in [0.717, 1.165) is 6.29 Å². The first-order valence-electron chi connectivity index (χ1n) is 2.47. The lowest BCUT2D eigenvalue weighted by Gasteiger charge is -1.98. The van der Waals surface area contributed by atoms with Gasteiger partial charge >= 0.3 is 0 Å². The lowest BCUT2D eigenvalue weighted by atomic mass is 10.5. The van der Waals surface area contributed by atoms with Crippen molar-refractivity contribution < 1.29 is 4.79 Å². The second-order valence-electron chi connectivity index (χ2n) is 1.44. The molecule has 0 aliphatic heterocycles. The number of carbonyl (C=O) groups is 1. The van der Waals surface area contributed by atoms with E-state index in [0.29, 0.717) is 0 Å². The van der Waals surface area contributed by atoms with Crippen LogP contribution in [0.4, 0.5) is 0 Å². The van der Waals surface area contributed by atoms with Crippen molar-refractivity contribution >= 4 is 19.1 Å². The molecule has 0 atom stereocenters. The maximum absolute atomic E-state index is 9.70. The van der Waals surface area contributed by atoms with Crippen LogP contribution in [0.1, 0.15) is 0 Å². The van der Waals surface area contributed by atoms with E-state index in [1.807, 2.05) is 0 Å². The van der Waals surface area contributed by atoms with Crippen molar-refractivity contribution in [2.24, 2.45) is 0 Å². The third kappa shape index (κ3) is 7.30. The van der Waals surface area contributed by atoms with Crippen LogP contribution in [0.5, 0.6) is 0 Å². The summed E-state index contributed by atoms with van der Waals surface area (Å²) in [5.41, 5.74) is 0. The molecule has 0 aliphatic rings. The Kier molecular flexibility index (Phi) is 5.01. The molecule has 0 amide bonds. The number of aldehydes is 1. The molecule has 0 fully saturated rings. The number of allylic oxidation sites excluding steroid dienone is 3. The fourth-order valence-electron chi connectivity index (χ4n) is 0.284. The standard InChI is InChI=1S/C6H9NOS/c1-7(9)5-3-2-4-6-8/h2-6,9H,1H3/b4-2-,5-3-. The highest BCUT2D eigenvalue weighted by Crippen LogP contribution is 1.86. The highest BCUT2D eigenvalue weighted by atomic mass is 32.1. The van der Waals surface area contributed by atoms with Gasteiger partial charge in [0.2, 0.25) is 0 Å². The van der Waals surface area contributed by atoms with Crippen LogP contribution < -0.4 is 0 Å². The van der Waals surface area contributed by atoms with E-state index in [1.54, 1.807) is 29.7 Å². The first-order valence-corrected chi connectivity index (χ1v) is 2.87.